The Morgan fingerprint density at radius 3 is 2.50 bits per heavy atom. The van der Waals surface area contributed by atoms with Gasteiger partial charge in [-0.1, -0.05) is 40.0 Å². The third-order valence-electron chi connectivity index (χ3n) is 3.82. The van der Waals surface area contributed by atoms with Gasteiger partial charge in [-0.05, 0) is 18.8 Å². The lowest BCUT2D eigenvalue weighted by molar-refractivity contribution is -0.196. The topological polar surface area (TPSA) is 38.7 Å². The number of hydrogen-bond donors (Lipinski definition) is 1. The Bertz CT molecular complexity index is 208. The van der Waals surface area contributed by atoms with E-state index >= 15 is 0 Å². The molecule has 1 fully saturated rings. The summed E-state index contributed by atoms with van der Waals surface area (Å²) in [4.78, 5) is 0. The van der Waals surface area contributed by atoms with Crippen LogP contribution in [-0.4, -0.2) is 36.6 Å². The van der Waals surface area contributed by atoms with E-state index in [1.807, 2.05) is 0 Å². The predicted octanol–water partition coefficient (Wildman–Crippen LogP) is 3.15. The molecule has 0 aromatic heterocycles. The SMILES string of the molecule is CCCCC(CC)COC1CC(O)C1OCCC. The van der Waals surface area contributed by atoms with Crippen LogP contribution in [0.5, 0.6) is 0 Å². The van der Waals surface area contributed by atoms with Crippen molar-refractivity contribution in [3.05, 3.63) is 0 Å². The summed E-state index contributed by atoms with van der Waals surface area (Å²) in [6, 6.07) is 0. The van der Waals surface area contributed by atoms with Crippen LogP contribution in [0.3, 0.4) is 0 Å². The van der Waals surface area contributed by atoms with Crippen molar-refractivity contribution >= 4 is 0 Å². The van der Waals surface area contributed by atoms with Crippen LogP contribution < -0.4 is 0 Å². The van der Waals surface area contributed by atoms with Crippen LogP contribution in [0.2, 0.25) is 0 Å². The van der Waals surface area contributed by atoms with Gasteiger partial charge in [-0.2, -0.15) is 0 Å². The number of unbranched alkanes of at least 4 members (excludes halogenated alkanes) is 1. The molecule has 1 N–H and O–H groups in total. The molecule has 1 saturated carbocycles. The van der Waals surface area contributed by atoms with E-state index in [-0.39, 0.29) is 18.3 Å². The first-order chi connectivity index (χ1) is 8.72. The van der Waals surface area contributed by atoms with Gasteiger partial charge in [-0.15, -0.1) is 0 Å². The highest BCUT2D eigenvalue weighted by Gasteiger charge is 2.41. The van der Waals surface area contributed by atoms with Crippen LogP contribution in [0, 0.1) is 5.92 Å². The molecule has 0 radical (unpaired) electrons. The molecule has 18 heavy (non-hydrogen) atoms. The van der Waals surface area contributed by atoms with Crippen molar-refractivity contribution in [2.75, 3.05) is 13.2 Å². The van der Waals surface area contributed by atoms with Gasteiger partial charge in [0.25, 0.3) is 0 Å². The molecule has 0 aliphatic heterocycles. The molecule has 1 rings (SSSR count). The summed E-state index contributed by atoms with van der Waals surface area (Å²) in [5.74, 6) is 0.662. The second-order valence-electron chi connectivity index (χ2n) is 5.43. The molecule has 0 amide bonds. The van der Waals surface area contributed by atoms with Crippen LogP contribution in [-0.2, 0) is 9.47 Å². The largest absolute Gasteiger partial charge is 0.390 e. The lowest BCUT2D eigenvalue weighted by Gasteiger charge is -2.41. The van der Waals surface area contributed by atoms with Gasteiger partial charge in [0, 0.05) is 19.6 Å². The molecule has 4 atom stereocenters. The number of aliphatic hydroxyl groups is 1. The monoisotopic (exact) mass is 258 g/mol. The second-order valence-corrected chi connectivity index (χ2v) is 5.43. The summed E-state index contributed by atoms with van der Waals surface area (Å²) in [5.41, 5.74) is 0. The molecular weight excluding hydrogens is 228 g/mol. The third-order valence-corrected chi connectivity index (χ3v) is 3.82. The van der Waals surface area contributed by atoms with Gasteiger partial charge in [0.05, 0.1) is 12.2 Å². The standard InChI is InChI=1S/C15H30O3/c1-4-7-8-12(6-3)11-18-14-10-13(16)15(14)17-9-5-2/h12-16H,4-11H2,1-3H3. The van der Waals surface area contributed by atoms with Crippen LogP contribution in [0.15, 0.2) is 0 Å². The summed E-state index contributed by atoms with van der Waals surface area (Å²) in [5, 5.41) is 9.66. The molecule has 3 nitrogen and oxygen atoms in total. The Hall–Kier alpha value is -0.120. The van der Waals surface area contributed by atoms with Crippen molar-refractivity contribution in [1.29, 1.82) is 0 Å². The van der Waals surface area contributed by atoms with Crippen molar-refractivity contribution < 1.29 is 14.6 Å². The summed E-state index contributed by atoms with van der Waals surface area (Å²) in [7, 11) is 0. The number of ether oxygens (including phenoxy) is 2. The molecule has 1 aliphatic carbocycles. The zero-order valence-corrected chi connectivity index (χ0v) is 12.2. The number of rotatable bonds is 10. The smallest absolute Gasteiger partial charge is 0.110 e. The second kappa shape index (κ2) is 8.89. The minimum atomic E-state index is -0.322. The van der Waals surface area contributed by atoms with E-state index in [2.05, 4.69) is 20.8 Å². The summed E-state index contributed by atoms with van der Waals surface area (Å²) in [6.07, 6.45) is 6.39. The summed E-state index contributed by atoms with van der Waals surface area (Å²) >= 11 is 0. The van der Waals surface area contributed by atoms with Crippen molar-refractivity contribution in [3.8, 4) is 0 Å². The Morgan fingerprint density at radius 1 is 1.17 bits per heavy atom. The maximum absolute atomic E-state index is 9.66. The highest BCUT2D eigenvalue weighted by atomic mass is 16.6. The first-order valence-corrected chi connectivity index (χ1v) is 7.64. The van der Waals surface area contributed by atoms with Crippen LogP contribution in [0.25, 0.3) is 0 Å². The Labute approximate surface area is 112 Å². The molecule has 1 aliphatic rings. The zero-order valence-electron chi connectivity index (χ0n) is 12.2. The minimum absolute atomic E-state index is 0.0892. The van der Waals surface area contributed by atoms with Crippen molar-refractivity contribution in [1.82, 2.24) is 0 Å². The van der Waals surface area contributed by atoms with E-state index in [1.165, 1.54) is 25.7 Å². The quantitative estimate of drug-likeness (QED) is 0.654. The Kier molecular flexibility index (Phi) is 7.87. The van der Waals surface area contributed by atoms with Crippen LogP contribution >= 0.6 is 0 Å². The highest BCUT2D eigenvalue weighted by Crippen LogP contribution is 2.28. The van der Waals surface area contributed by atoms with E-state index in [4.69, 9.17) is 9.47 Å². The van der Waals surface area contributed by atoms with Crippen LogP contribution in [0.1, 0.15) is 59.3 Å². The molecule has 0 aromatic rings. The summed E-state index contributed by atoms with van der Waals surface area (Å²) in [6.45, 7) is 8.07. The molecule has 0 bridgehead atoms. The average Bonchev–Trinajstić information content (AvgIpc) is 2.37. The number of hydrogen-bond acceptors (Lipinski definition) is 3. The zero-order chi connectivity index (χ0) is 13.4. The fourth-order valence-electron chi connectivity index (χ4n) is 2.35. The fourth-order valence-corrected chi connectivity index (χ4v) is 2.35. The molecular formula is C15H30O3. The van der Waals surface area contributed by atoms with E-state index in [0.717, 1.165) is 19.4 Å². The fraction of sp³-hybridized carbons (Fsp3) is 1.00. The Morgan fingerprint density at radius 2 is 1.94 bits per heavy atom. The molecule has 4 unspecified atom stereocenters. The maximum atomic E-state index is 9.66. The van der Waals surface area contributed by atoms with Gasteiger partial charge in [0.2, 0.25) is 0 Å². The highest BCUT2D eigenvalue weighted by molar-refractivity contribution is 4.92. The summed E-state index contributed by atoms with van der Waals surface area (Å²) < 4.78 is 11.5. The molecule has 0 saturated heterocycles. The minimum Gasteiger partial charge on any atom is -0.390 e. The van der Waals surface area contributed by atoms with Crippen molar-refractivity contribution in [3.63, 3.8) is 0 Å². The maximum Gasteiger partial charge on any atom is 0.110 e. The number of aliphatic hydroxyl groups excluding tert-OH is 1. The normalized spacial score (nSPS) is 29.0. The van der Waals surface area contributed by atoms with Gasteiger partial charge in [0.15, 0.2) is 0 Å². The lowest BCUT2D eigenvalue weighted by atomic mass is 9.87. The van der Waals surface area contributed by atoms with E-state index in [9.17, 15) is 5.11 Å². The van der Waals surface area contributed by atoms with Crippen molar-refractivity contribution in [2.24, 2.45) is 5.92 Å². The van der Waals surface area contributed by atoms with Gasteiger partial charge in [-0.25, -0.2) is 0 Å². The van der Waals surface area contributed by atoms with Gasteiger partial charge < -0.3 is 14.6 Å². The van der Waals surface area contributed by atoms with Crippen LogP contribution in [0.4, 0.5) is 0 Å². The van der Waals surface area contributed by atoms with Crippen molar-refractivity contribution in [2.45, 2.75) is 77.6 Å². The molecule has 0 aromatic carbocycles. The molecule has 108 valence electrons. The lowest BCUT2D eigenvalue weighted by Crippen LogP contribution is -2.54. The third kappa shape index (κ3) is 4.87. The van der Waals surface area contributed by atoms with Gasteiger partial charge in [0.1, 0.15) is 6.10 Å². The van der Waals surface area contributed by atoms with E-state index in [0.29, 0.717) is 12.5 Å². The first-order valence-electron chi connectivity index (χ1n) is 7.64. The molecule has 3 heteroatoms. The molecule has 0 spiro atoms. The first kappa shape index (κ1) is 15.9. The molecule has 0 heterocycles. The van der Waals surface area contributed by atoms with Gasteiger partial charge >= 0.3 is 0 Å². The van der Waals surface area contributed by atoms with Gasteiger partial charge in [-0.3, -0.25) is 0 Å². The Balaban J connectivity index is 2.20. The van der Waals surface area contributed by atoms with E-state index in [1.54, 1.807) is 0 Å². The predicted molar refractivity (Wildman–Crippen MR) is 73.7 cm³/mol. The average molecular weight is 258 g/mol. The van der Waals surface area contributed by atoms with E-state index < -0.39 is 0 Å².